The van der Waals surface area contributed by atoms with Crippen LogP contribution in [-0.2, 0) is 22.4 Å². The van der Waals surface area contributed by atoms with Crippen molar-refractivity contribution in [2.24, 2.45) is 5.92 Å². The molecule has 1 fully saturated rings. The Kier molecular flexibility index (Phi) is 7.11. The minimum atomic E-state index is -0.0950. The van der Waals surface area contributed by atoms with E-state index in [0.29, 0.717) is 31.7 Å². The fourth-order valence-corrected chi connectivity index (χ4v) is 3.37. The van der Waals surface area contributed by atoms with Crippen LogP contribution in [0.5, 0.6) is 11.5 Å². The average Bonchev–Trinajstić information content (AvgIpc) is 3.55. The minimum Gasteiger partial charge on any atom is -0.508 e. The molecule has 0 radical (unpaired) electrons. The SMILES string of the molecule is O=C(CCc1ccccc1O)NCC(NC(=O)CCc1ccccc1O)C1CC1. The van der Waals surface area contributed by atoms with Gasteiger partial charge >= 0.3 is 0 Å². The molecule has 29 heavy (non-hydrogen) atoms. The Balaban J connectivity index is 1.41. The minimum absolute atomic E-state index is 0.0686. The second-order valence-corrected chi connectivity index (χ2v) is 7.57. The van der Waals surface area contributed by atoms with E-state index >= 15 is 0 Å². The van der Waals surface area contributed by atoms with Gasteiger partial charge in [0.1, 0.15) is 11.5 Å². The van der Waals surface area contributed by atoms with Crippen molar-refractivity contribution in [3.05, 3.63) is 59.7 Å². The molecule has 1 aliphatic carbocycles. The lowest BCUT2D eigenvalue weighted by Gasteiger charge is -2.19. The molecule has 3 rings (SSSR count). The van der Waals surface area contributed by atoms with E-state index in [1.54, 1.807) is 30.3 Å². The molecule has 1 atom stereocenters. The fraction of sp³-hybridized carbons (Fsp3) is 0.391. The van der Waals surface area contributed by atoms with E-state index in [2.05, 4.69) is 10.6 Å². The number of carbonyl (C=O) groups is 2. The number of aryl methyl sites for hydroxylation is 2. The molecule has 1 unspecified atom stereocenters. The molecule has 0 aliphatic heterocycles. The van der Waals surface area contributed by atoms with Gasteiger partial charge in [0.15, 0.2) is 0 Å². The van der Waals surface area contributed by atoms with Gasteiger partial charge < -0.3 is 20.8 Å². The summed E-state index contributed by atoms with van der Waals surface area (Å²) < 4.78 is 0. The Bertz CT molecular complexity index is 848. The van der Waals surface area contributed by atoms with Gasteiger partial charge in [-0.15, -0.1) is 0 Å². The van der Waals surface area contributed by atoms with E-state index in [-0.39, 0.29) is 35.8 Å². The molecule has 0 spiro atoms. The molecule has 1 aliphatic rings. The molecule has 6 nitrogen and oxygen atoms in total. The number of hydrogen-bond donors (Lipinski definition) is 4. The summed E-state index contributed by atoms with van der Waals surface area (Å²) >= 11 is 0. The molecule has 2 amide bonds. The summed E-state index contributed by atoms with van der Waals surface area (Å²) in [5.41, 5.74) is 1.50. The molecular weight excluding hydrogens is 368 g/mol. The lowest BCUT2D eigenvalue weighted by Crippen LogP contribution is -2.45. The largest absolute Gasteiger partial charge is 0.508 e. The lowest BCUT2D eigenvalue weighted by atomic mass is 10.1. The Hall–Kier alpha value is -3.02. The third-order valence-corrected chi connectivity index (χ3v) is 5.28. The van der Waals surface area contributed by atoms with E-state index in [1.165, 1.54) is 0 Å². The maximum Gasteiger partial charge on any atom is 0.220 e. The Morgan fingerprint density at radius 3 is 1.90 bits per heavy atom. The van der Waals surface area contributed by atoms with Crippen molar-refractivity contribution in [2.75, 3.05) is 6.54 Å². The Morgan fingerprint density at radius 1 is 0.862 bits per heavy atom. The highest BCUT2D eigenvalue weighted by Crippen LogP contribution is 2.32. The number of benzene rings is 2. The second kappa shape index (κ2) is 9.96. The third-order valence-electron chi connectivity index (χ3n) is 5.28. The van der Waals surface area contributed by atoms with Gasteiger partial charge in [-0.05, 0) is 54.9 Å². The van der Waals surface area contributed by atoms with Crippen LogP contribution in [0.4, 0.5) is 0 Å². The van der Waals surface area contributed by atoms with E-state index in [4.69, 9.17) is 0 Å². The zero-order valence-corrected chi connectivity index (χ0v) is 16.4. The molecule has 2 aromatic rings. The van der Waals surface area contributed by atoms with Crippen molar-refractivity contribution in [2.45, 2.75) is 44.6 Å². The van der Waals surface area contributed by atoms with Crippen molar-refractivity contribution < 1.29 is 19.8 Å². The predicted molar refractivity (Wildman–Crippen MR) is 111 cm³/mol. The molecular formula is C23H28N2O4. The smallest absolute Gasteiger partial charge is 0.220 e. The quantitative estimate of drug-likeness (QED) is 0.496. The topological polar surface area (TPSA) is 98.7 Å². The first-order valence-corrected chi connectivity index (χ1v) is 10.1. The summed E-state index contributed by atoms with van der Waals surface area (Å²) in [6.45, 7) is 0.409. The Labute approximate surface area is 171 Å². The number of phenols is 2. The van der Waals surface area contributed by atoms with Crippen molar-refractivity contribution in [1.29, 1.82) is 0 Å². The standard InChI is InChI=1S/C23H28N2O4/c26-20-7-3-1-5-17(20)11-13-22(28)24-15-19(16-9-10-16)25-23(29)14-12-18-6-2-4-8-21(18)27/h1-8,16,19,26-27H,9-15H2,(H,24,28)(H,25,29). The number of aromatic hydroxyl groups is 2. The highest BCUT2D eigenvalue weighted by Gasteiger charge is 2.32. The van der Waals surface area contributed by atoms with Gasteiger partial charge in [-0.1, -0.05) is 36.4 Å². The number of carbonyl (C=O) groups excluding carboxylic acids is 2. The van der Waals surface area contributed by atoms with E-state index in [0.717, 1.165) is 24.0 Å². The maximum absolute atomic E-state index is 12.3. The summed E-state index contributed by atoms with van der Waals surface area (Å²) in [5, 5.41) is 25.5. The first kappa shape index (κ1) is 20.7. The zero-order valence-electron chi connectivity index (χ0n) is 16.4. The van der Waals surface area contributed by atoms with E-state index in [9.17, 15) is 19.8 Å². The Morgan fingerprint density at radius 2 is 1.38 bits per heavy atom. The summed E-state index contributed by atoms with van der Waals surface area (Å²) in [6.07, 6.45) is 3.64. The van der Waals surface area contributed by atoms with Crippen LogP contribution in [0.15, 0.2) is 48.5 Å². The van der Waals surface area contributed by atoms with Gasteiger partial charge in [0, 0.05) is 25.4 Å². The number of para-hydroxylation sites is 2. The summed E-state index contributed by atoms with van der Waals surface area (Å²) in [7, 11) is 0. The van der Waals surface area contributed by atoms with Crippen LogP contribution in [0.1, 0.15) is 36.8 Å². The highest BCUT2D eigenvalue weighted by molar-refractivity contribution is 5.78. The molecule has 6 heteroatoms. The molecule has 0 aromatic heterocycles. The average molecular weight is 396 g/mol. The van der Waals surface area contributed by atoms with E-state index < -0.39 is 0 Å². The summed E-state index contributed by atoms with van der Waals surface area (Å²) in [6, 6.07) is 14.0. The van der Waals surface area contributed by atoms with Gasteiger partial charge in [0.2, 0.25) is 11.8 Å². The van der Waals surface area contributed by atoms with Crippen LogP contribution in [0.25, 0.3) is 0 Å². The van der Waals surface area contributed by atoms with Crippen LogP contribution in [0.2, 0.25) is 0 Å². The lowest BCUT2D eigenvalue weighted by molar-refractivity contribution is -0.123. The number of nitrogens with one attached hydrogen (secondary N) is 2. The second-order valence-electron chi connectivity index (χ2n) is 7.57. The predicted octanol–water partition coefficient (Wildman–Crippen LogP) is 2.67. The molecule has 0 saturated heterocycles. The summed E-state index contributed by atoms with van der Waals surface area (Å²) in [4.78, 5) is 24.5. The number of amides is 2. The third kappa shape index (κ3) is 6.52. The molecule has 4 N–H and O–H groups in total. The van der Waals surface area contributed by atoms with Crippen molar-refractivity contribution in [1.82, 2.24) is 10.6 Å². The normalized spacial score (nSPS) is 14.2. The molecule has 0 heterocycles. The van der Waals surface area contributed by atoms with E-state index in [1.807, 2.05) is 18.2 Å². The van der Waals surface area contributed by atoms with Gasteiger partial charge in [0.05, 0.1) is 0 Å². The highest BCUT2D eigenvalue weighted by atomic mass is 16.3. The zero-order chi connectivity index (χ0) is 20.6. The van der Waals surface area contributed by atoms with Crippen LogP contribution in [-0.4, -0.2) is 34.6 Å². The number of phenolic OH excluding ortho intramolecular Hbond substituents is 2. The van der Waals surface area contributed by atoms with Crippen molar-refractivity contribution in [3.63, 3.8) is 0 Å². The fourth-order valence-electron chi connectivity index (χ4n) is 3.37. The molecule has 1 saturated carbocycles. The van der Waals surface area contributed by atoms with Crippen LogP contribution in [0.3, 0.4) is 0 Å². The molecule has 0 bridgehead atoms. The number of hydrogen-bond acceptors (Lipinski definition) is 4. The molecule has 2 aromatic carbocycles. The number of rotatable bonds is 10. The van der Waals surface area contributed by atoms with Crippen LogP contribution >= 0.6 is 0 Å². The monoisotopic (exact) mass is 396 g/mol. The first-order chi connectivity index (χ1) is 14.0. The van der Waals surface area contributed by atoms with Gasteiger partial charge in [-0.2, -0.15) is 0 Å². The van der Waals surface area contributed by atoms with Crippen LogP contribution < -0.4 is 10.6 Å². The van der Waals surface area contributed by atoms with Gasteiger partial charge in [-0.25, -0.2) is 0 Å². The maximum atomic E-state index is 12.3. The van der Waals surface area contributed by atoms with Gasteiger partial charge in [0.25, 0.3) is 0 Å². The van der Waals surface area contributed by atoms with Crippen LogP contribution in [0, 0.1) is 5.92 Å². The molecule has 154 valence electrons. The van der Waals surface area contributed by atoms with Crippen molar-refractivity contribution >= 4 is 11.8 Å². The van der Waals surface area contributed by atoms with Gasteiger partial charge in [-0.3, -0.25) is 9.59 Å². The first-order valence-electron chi connectivity index (χ1n) is 10.1. The van der Waals surface area contributed by atoms with Crippen molar-refractivity contribution in [3.8, 4) is 11.5 Å². The summed E-state index contributed by atoms with van der Waals surface area (Å²) in [5.74, 6) is 0.641.